The summed E-state index contributed by atoms with van der Waals surface area (Å²) in [5.41, 5.74) is 2.72. The summed E-state index contributed by atoms with van der Waals surface area (Å²) < 4.78 is 5.35. The van der Waals surface area contributed by atoms with E-state index in [1.807, 2.05) is 0 Å². The summed E-state index contributed by atoms with van der Waals surface area (Å²) in [6, 6.07) is 8.71. The number of ether oxygens (including phenoxy) is 1. The molecule has 0 fully saturated rings. The lowest BCUT2D eigenvalue weighted by molar-refractivity contribution is 0.143. The molecule has 1 aromatic rings. The number of hydrogen-bond donors (Lipinski definition) is 0. The second kappa shape index (κ2) is 12.2. The quantitative estimate of drug-likeness (QED) is 0.352. The van der Waals surface area contributed by atoms with Gasteiger partial charge < -0.3 is 4.74 Å². The molecule has 134 valence electrons. The van der Waals surface area contributed by atoms with Gasteiger partial charge in [0, 0.05) is 25.2 Å². The molecule has 0 aliphatic rings. The molecule has 1 aromatic carbocycles. The SMILES string of the molecule is CCOCCCCCCCCCC#Cc1ccc(C(C)(C)C)cc1. The van der Waals surface area contributed by atoms with Gasteiger partial charge >= 0.3 is 0 Å². The van der Waals surface area contributed by atoms with E-state index in [1.165, 1.54) is 50.5 Å². The van der Waals surface area contributed by atoms with Crippen LogP contribution in [0.25, 0.3) is 0 Å². The molecule has 0 spiro atoms. The molecule has 0 atom stereocenters. The molecule has 0 radical (unpaired) electrons. The minimum absolute atomic E-state index is 0.217. The Balaban J connectivity index is 2.07. The van der Waals surface area contributed by atoms with Crippen LogP contribution in [0.2, 0.25) is 0 Å². The largest absolute Gasteiger partial charge is 0.382 e. The second-order valence-electron chi connectivity index (χ2n) is 7.55. The van der Waals surface area contributed by atoms with E-state index in [0.717, 1.165) is 25.2 Å². The number of unbranched alkanes of at least 4 members (excludes halogenated alkanes) is 7. The van der Waals surface area contributed by atoms with E-state index in [1.54, 1.807) is 0 Å². The molecule has 0 saturated carbocycles. The Bertz CT molecular complexity index is 481. The highest BCUT2D eigenvalue weighted by molar-refractivity contribution is 5.37. The maximum atomic E-state index is 5.35. The Morgan fingerprint density at radius 1 is 0.833 bits per heavy atom. The minimum atomic E-state index is 0.217. The second-order valence-corrected chi connectivity index (χ2v) is 7.55. The monoisotopic (exact) mass is 328 g/mol. The fourth-order valence-electron chi connectivity index (χ4n) is 2.66. The van der Waals surface area contributed by atoms with Crippen molar-refractivity contribution in [2.45, 2.75) is 84.5 Å². The molecule has 1 nitrogen and oxygen atoms in total. The lowest BCUT2D eigenvalue weighted by Crippen LogP contribution is -2.10. The van der Waals surface area contributed by atoms with Crippen molar-refractivity contribution in [3.63, 3.8) is 0 Å². The zero-order valence-corrected chi connectivity index (χ0v) is 16.3. The Morgan fingerprint density at radius 2 is 1.42 bits per heavy atom. The summed E-state index contributed by atoms with van der Waals surface area (Å²) in [4.78, 5) is 0. The molecule has 0 bridgehead atoms. The first-order chi connectivity index (χ1) is 11.5. The van der Waals surface area contributed by atoms with Crippen molar-refractivity contribution < 1.29 is 4.74 Å². The fourth-order valence-corrected chi connectivity index (χ4v) is 2.66. The van der Waals surface area contributed by atoms with Gasteiger partial charge in [0.1, 0.15) is 0 Å². The average Bonchev–Trinajstić information content (AvgIpc) is 2.55. The van der Waals surface area contributed by atoms with Crippen molar-refractivity contribution in [1.82, 2.24) is 0 Å². The summed E-state index contributed by atoms with van der Waals surface area (Å²) in [7, 11) is 0. The van der Waals surface area contributed by atoms with Crippen LogP contribution < -0.4 is 0 Å². The first-order valence-electron chi connectivity index (χ1n) is 9.71. The fraction of sp³-hybridized carbons (Fsp3) is 0.652. The smallest absolute Gasteiger partial charge is 0.0465 e. The third-order valence-electron chi connectivity index (χ3n) is 4.28. The standard InChI is InChI=1S/C23H36O/c1-5-24-20-14-12-10-8-6-7-9-11-13-15-21-16-18-22(19-17-21)23(2,3)4/h16-19H,5-12,14,20H2,1-4H3. The summed E-state index contributed by atoms with van der Waals surface area (Å²) in [6.45, 7) is 10.6. The van der Waals surface area contributed by atoms with Crippen molar-refractivity contribution in [2.24, 2.45) is 0 Å². The van der Waals surface area contributed by atoms with Crippen LogP contribution >= 0.6 is 0 Å². The van der Waals surface area contributed by atoms with Gasteiger partial charge in [-0.1, -0.05) is 76.8 Å². The topological polar surface area (TPSA) is 9.23 Å². The highest BCUT2D eigenvalue weighted by Crippen LogP contribution is 2.21. The predicted octanol–water partition coefficient (Wildman–Crippen LogP) is 6.49. The number of benzene rings is 1. The maximum Gasteiger partial charge on any atom is 0.0465 e. The summed E-state index contributed by atoms with van der Waals surface area (Å²) >= 11 is 0. The Labute approximate surface area is 150 Å². The molecule has 1 rings (SSSR count). The van der Waals surface area contributed by atoms with Gasteiger partial charge in [0.25, 0.3) is 0 Å². The van der Waals surface area contributed by atoms with Gasteiger partial charge in [-0.05, 0) is 42.9 Å². The highest BCUT2D eigenvalue weighted by Gasteiger charge is 2.12. The zero-order chi connectivity index (χ0) is 17.7. The van der Waals surface area contributed by atoms with Gasteiger partial charge in [-0.25, -0.2) is 0 Å². The molecule has 0 N–H and O–H groups in total. The highest BCUT2D eigenvalue weighted by atomic mass is 16.5. The van der Waals surface area contributed by atoms with E-state index < -0.39 is 0 Å². The summed E-state index contributed by atoms with van der Waals surface area (Å²) in [6.07, 6.45) is 10.1. The zero-order valence-electron chi connectivity index (χ0n) is 16.3. The van der Waals surface area contributed by atoms with Crippen LogP contribution in [0.15, 0.2) is 24.3 Å². The molecule has 0 unspecified atom stereocenters. The van der Waals surface area contributed by atoms with Crippen LogP contribution in [0.5, 0.6) is 0 Å². The van der Waals surface area contributed by atoms with Crippen LogP contribution in [0.1, 0.15) is 90.2 Å². The van der Waals surface area contributed by atoms with E-state index in [9.17, 15) is 0 Å². The van der Waals surface area contributed by atoms with E-state index in [4.69, 9.17) is 4.74 Å². The van der Waals surface area contributed by atoms with Crippen molar-refractivity contribution in [3.05, 3.63) is 35.4 Å². The van der Waals surface area contributed by atoms with Gasteiger partial charge in [0.15, 0.2) is 0 Å². The maximum absolute atomic E-state index is 5.35. The van der Waals surface area contributed by atoms with Gasteiger partial charge in [-0.15, -0.1) is 0 Å². The van der Waals surface area contributed by atoms with E-state index in [-0.39, 0.29) is 5.41 Å². The van der Waals surface area contributed by atoms with Crippen molar-refractivity contribution in [3.8, 4) is 11.8 Å². The third-order valence-corrected chi connectivity index (χ3v) is 4.28. The third kappa shape index (κ3) is 9.78. The number of hydrogen-bond acceptors (Lipinski definition) is 1. The van der Waals surface area contributed by atoms with Gasteiger partial charge in [-0.2, -0.15) is 0 Å². The van der Waals surface area contributed by atoms with Crippen molar-refractivity contribution >= 4 is 0 Å². The molecule has 0 aromatic heterocycles. The van der Waals surface area contributed by atoms with Gasteiger partial charge in [-0.3, -0.25) is 0 Å². The molecule has 0 amide bonds. The molecule has 0 saturated heterocycles. The van der Waals surface area contributed by atoms with Crippen molar-refractivity contribution in [1.29, 1.82) is 0 Å². The van der Waals surface area contributed by atoms with Crippen LogP contribution in [-0.2, 0) is 10.2 Å². The molecule has 0 heterocycles. The predicted molar refractivity (Wildman–Crippen MR) is 105 cm³/mol. The lowest BCUT2D eigenvalue weighted by atomic mass is 9.87. The lowest BCUT2D eigenvalue weighted by Gasteiger charge is -2.18. The van der Waals surface area contributed by atoms with Gasteiger partial charge in [0.2, 0.25) is 0 Å². The van der Waals surface area contributed by atoms with Crippen LogP contribution in [-0.4, -0.2) is 13.2 Å². The van der Waals surface area contributed by atoms with Gasteiger partial charge in [0.05, 0.1) is 0 Å². The minimum Gasteiger partial charge on any atom is -0.382 e. The molecule has 0 aliphatic carbocycles. The molecular weight excluding hydrogens is 292 g/mol. The number of rotatable bonds is 10. The molecule has 1 heteroatoms. The Hall–Kier alpha value is -1.26. The van der Waals surface area contributed by atoms with Crippen LogP contribution in [0, 0.1) is 11.8 Å². The summed E-state index contributed by atoms with van der Waals surface area (Å²) in [5.74, 6) is 6.61. The van der Waals surface area contributed by atoms with Crippen molar-refractivity contribution in [2.75, 3.05) is 13.2 Å². The van der Waals surface area contributed by atoms with Crippen LogP contribution in [0.3, 0.4) is 0 Å². The normalized spacial score (nSPS) is 11.2. The van der Waals surface area contributed by atoms with E-state index in [2.05, 4.69) is 63.8 Å². The van der Waals surface area contributed by atoms with E-state index >= 15 is 0 Å². The van der Waals surface area contributed by atoms with E-state index in [0.29, 0.717) is 0 Å². The Kier molecular flexibility index (Phi) is 10.5. The Morgan fingerprint density at radius 3 is 2.00 bits per heavy atom. The van der Waals surface area contributed by atoms with Crippen LogP contribution in [0.4, 0.5) is 0 Å². The first kappa shape index (κ1) is 20.8. The summed E-state index contributed by atoms with van der Waals surface area (Å²) in [5, 5.41) is 0. The molecular formula is C23H36O. The molecule has 24 heavy (non-hydrogen) atoms. The average molecular weight is 329 g/mol. The molecule has 0 aliphatic heterocycles. The first-order valence-corrected chi connectivity index (χ1v) is 9.71.